The standard InChI is InChI=1S/C21H19N3O/c1-16(24-21(25)11-10-17-6-3-2-4-7-17)18-8-5-9-19(12-18)20-13-22-15-23-14-20/h2-16H,1H3,(H,24,25)/b11-10+. The minimum Gasteiger partial charge on any atom is -0.346 e. The molecule has 1 amide bonds. The Kier molecular flexibility index (Phi) is 5.32. The van der Waals surface area contributed by atoms with E-state index in [-0.39, 0.29) is 11.9 Å². The molecule has 25 heavy (non-hydrogen) atoms. The van der Waals surface area contributed by atoms with E-state index in [1.54, 1.807) is 24.5 Å². The van der Waals surface area contributed by atoms with Crippen LogP contribution in [0.25, 0.3) is 17.2 Å². The van der Waals surface area contributed by atoms with Crippen LogP contribution in [0.15, 0.2) is 79.4 Å². The number of carbonyl (C=O) groups excluding carboxylic acids is 1. The largest absolute Gasteiger partial charge is 0.346 e. The van der Waals surface area contributed by atoms with E-state index in [2.05, 4.69) is 15.3 Å². The molecule has 0 bridgehead atoms. The van der Waals surface area contributed by atoms with E-state index in [4.69, 9.17) is 0 Å². The molecule has 2 aromatic carbocycles. The fourth-order valence-electron chi connectivity index (χ4n) is 2.52. The van der Waals surface area contributed by atoms with Gasteiger partial charge in [0.2, 0.25) is 5.91 Å². The molecule has 4 heteroatoms. The summed E-state index contributed by atoms with van der Waals surface area (Å²) in [5, 5.41) is 2.99. The third kappa shape index (κ3) is 4.61. The Morgan fingerprint density at radius 2 is 1.76 bits per heavy atom. The second-order valence-electron chi connectivity index (χ2n) is 5.73. The number of hydrogen-bond donors (Lipinski definition) is 1. The number of rotatable bonds is 5. The third-order valence-corrected chi connectivity index (χ3v) is 3.87. The smallest absolute Gasteiger partial charge is 0.244 e. The number of nitrogens with zero attached hydrogens (tertiary/aromatic N) is 2. The summed E-state index contributed by atoms with van der Waals surface area (Å²) in [6, 6.07) is 17.7. The highest BCUT2D eigenvalue weighted by molar-refractivity contribution is 5.92. The van der Waals surface area contributed by atoms with Crippen LogP contribution >= 0.6 is 0 Å². The SMILES string of the molecule is CC(NC(=O)/C=C/c1ccccc1)c1cccc(-c2cncnc2)c1. The molecule has 0 saturated carbocycles. The molecule has 124 valence electrons. The van der Waals surface area contributed by atoms with Crippen molar-refractivity contribution in [2.24, 2.45) is 0 Å². The van der Waals surface area contributed by atoms with Gasteiger partial charge >= 0.3 is 0 Å². The first kappa shape index (κ1) is 16.6. The van der Waals surface area contributed by atoms with Gasteiger partial charge in [-0.25, -0.2) is 9.97 Å². The highest BCUT2D eigenvalue weighted by Crippen LogP contribution is 2.22. The molecule has 0 saturated heterocycles. The predicted octanol–water partition coefficient (Wildman–Crippen LogP) is 4.03. The molecule has 1 aromatic heterocycles. The van der Waals surface area contributed by atoms with Crippen molar-refractivity contribution in [2.75, 3.05) is 0 Å². The zero-order valence-corrected chi connectivity index (χ0v) is 14.0. The van der Waals surface area contributed by atoms with Crippen molar-refractivity contribution in [3.05, 3.63) is 90.5 Å². The molecular weight excluding hydrogens is 310 g/mol. The van der Waals surface area contributed by atoms with Gasteiger partial charge in [-0.15, -0.1) is 0 Å². The molecule has 0 aliphatic heterocycles. The van der Waals surface area contributed by atoms with Crippen molar-refractivity contribution < 1.29 is 4.79 Å². The topological polar surface area (TPSA) is 54.9 Å². The molecule has 3 aromatic rings. The predicted molar refractivity (Wildman–Crippen MR) is 99.5 cm³/mol. The lowest BCUT2D eigenvalue weighted by atomic mass is 10.0. The zero-order valence-electron chi connectivity index (χ0n) is 14.0. The summed E-state index contributed by atoms with van der Waals surface area (Å²) in [6.45, 7) is 1.97. The molecule has 1 N–H and O–H groups in total. The first-order chi connectivity index (χ1) is 12.2. The van der Waals surface area contributed by atoms with Crippen LogP contribution in [0.4, 0.5) is 0 Å². The van der Waals surface area contributed by atoms with Gasteiger partial charge in [0, 0.05) is 24.0 Å². The van der Waals surface area contributed by atoms with Gasteiger partial charge in [0.25, 0.3) is 0 Å². The highest BCUT2D eigenvalue weighted by atomic mass is 16.1. The van der Waals surface area contributed by atoms with Gasteiger partial charge in [-0.05, 0) is 35.8 Å². The Hall–Kier alpha value is -3.27. The molecule has 4 nitrogen and oxygen atoms in total. The maximum absolute atomic E-state index is 12.1. The summed E-state index contributed by atoms with van der Waals surface area (Å²) in [6.07, 6.45) is 8.42. The van der Waals surface area contributed by atoms with Crippen molar-refractivity contribution in [3.63, 3.8) is 0 Å². The first-order valence-corrected chi connectivity index (χ1v) is 8.11. The minimum atomic E-state index is -0.121. The van der Waals surface area contributed by atoms with Crippen LogP contribution in [0.1, 0.15) is 24.1 Å². The Bertz CT molecular complexity index is 861. The minimum absolute atomic E-state index is 0.0995. The summed E-state index contributed by atoms with van der Waals surface area (Å²) in [7, 11) is 0. The van der Waals surface area contributed by atoms with Crippen molar-refractivity contribution >= 4 is 12.0 Å². The normalized spacial score (nSPS) is 12.0. The monoisotopic (exact) mass is 329 g/mol. The lowest BCUT2D eigenvalue weighted by molar-refractivity contribution is -0.117. The Balaban J connectivity index is 1.68. The molecule has 0 fully saturated rings. The number of benzene rings is 2. The molecule has 0 radical (unpaired) electrons. The van der Waals surface area contributed by atoms with Crippen molar-refractivity contribution in [1.82, 2.24) is 15.3 Å². The van der Waals surface area contributed by atoms with Crippen molar-refractivity contribution in [3.8, 4) is 11.1 Å². The quantitative estimate of drug-likeness (QED) is 0.719. The van der Waals surface area contributed by atoms with E-state index in [0.29, 0.717) is 0 Å². The summed E-state index contributed by atoms with van der Waals surface area (Å²) in [5.41, 5.74) is 4.00. The van der Waals surface area contributed by atoms with E-state index < -0.39 is 0 Å². The molecule has 1 heterocycles. The maximum Gasteiger partial charge on any atom is 0.244 e. The summed E-state index contributed by atoms with van der Waals surface area (Å²) < 4.78 is 0. The second kappa shape index (κ2) is 8.02. The second-order valence-corrected chi connectivity index (χ2v) is 5.73. The van der Waals surface area contributed by atoms with E-state index in [1.165, 1.54) is 6.33 Å². The highest BCUT2D eigenvalue weighted by Gasteiger charge is 2.09. The Morgan fingerprint density at radius 3 is 2.52 bits per heavy atom. The van der Waals surface area contributed by atoms with E-state index in [1.807, 2.05) is 61.5 Å². The molecule has 3 rings (SSSR count). The fraction of sp³-hybridized carbons (Fsp3) is 0.0952. The molecule has 0 spiro atoms. The fourth-order valence-corrected chi connectivity index (χ4v) is 2.52. The van der Waals surface area contributed by atoms with Gasteiger partial charge in [-0.3, -0.25) is 4.79 Å². The summed E-state index contributed by atoms with van der Waals surface area (Å²) in [5.74, 6) is -0.121. The maximum atomic E-state index is 12.1. The van der Waals surface area contributed by atoms with Crippen LogP contribution in [0, 0.1) is 0 Å². The van der Waals surface area contributed by atoms with E-state index in [9.17, 15) is 4.79 Å². The third-order valence-electron chi connectivity index (χ3n) is 3.87. The lowest BCUT2D eigenvalue weighted by Gasteiger charge is -2.14. The number of carbonyl (C=O) groups is 1. The first-order valence-electron chi connectivity index (χ1n) is 8.11. The number of amides is 1. The van der Waals surface area contributed by atoms with Crippen LogP contribution < -0.4 is 5.32 Å². The molecule has 1 unspecified atom stereocenters. The van der Waals surface area contributed by atoms with Gasteiger partial charge in [0.1, 0.15) is 6.33 Å². The van der Waals surface area contributed by atoms with Crippen LogP contribution in [0.5, 0.6) is 0 Å². The number of aromatic nitrogens is 2. The summed E-state index contributed by atoms with van der Waals surface area (Å²) in [4.78, 5) is 20.2. The Morgan fingerprint density at radius 1 is 1.00 bits per heavy atom. The van der Waals surface area contributed by atoms with Gasteiger partial charge in [-0.2, -0.15) is 0 Å². The van der Waals surface area contributed by atoms with Gasteiger partial charge in [0.05, 0.1) is 6.04 Å². The van der Waals surface area contributed by atoms with Crippen molar-refractivity contribution in [1.29, 1.82) is 0 Å². The average molecular weight is 329 g/mol. The number of nitrogens with one attached hydrogen (secondary N) is 1. The summed E-state index contributed by atoms with van der Waals surface area (Å²) >= 11 is 0. The average Bonchev–Trinajstić information content (AvgIpc) is 2.68. The van der Waals surface area contributed by atoms with E-state index >= 15 is 0 Å². The van der Waals surface area contributed by atoms with Crippen LogP contribution in [-0.4, -0.2) is 15.9 Å². The zero-order chi connectivity index (χ0) is 17.5. The molecular formula is C21H19N3O. The van der Waals surface area contributed by atoms with Gasteiger partial charge < -0.3 is 5.32 Å². The number of hydrogen-bond acceptors (Lipinski definition) is 3. The van der Waals surface area contributed by atoms with Gasteiger partial charge in [-0.1, -0.05) is 48.5 Å². The van der Waals surface area contributed by atoms with Gasteiger partial charge in [0.15, 0.2) is 0 Å². The molecule has 0 aliphatic carbocycles. The van der Waals surface area contributed by atoms with Crippen molar-refractivity contribution in [2.45, 2.75) is 13.0 Å². The van der Waals surface area contributed by atoms with E-state index in [0.717, 1.165) is 22.3 Å². The Labute approximate surface area is 147 Å². The molecule has 1 atom stereocenters. The molecule has 0 aliphatic rings. The lowest BCUT2D eigenvalue weighted by Crippen LogP contribution is -2.24. The van der Waals surface area contributed by atoms with Crippen LogP contribution in [0.2, 0.25) is 0 Å². The van der Waals surface area contributed by atoms with Crippen LogP contribution in [-0.2, 0) is 4.79 Å². The van der Waals surface area contributed by atoms with Crippen LogP contribution in [0.3, 0.4) is 0 Å².